The minimum atomic E-state index is -0.832. The van der Waals surface area contributed by atoms with Crippen LogP contribution in [-0.2, 0) is 19.0 Å². The van der Waals surface area contributed by atoms with Gasteiger partial charge in [0.2, 0.25) is 0 Å². The minimum Gasteiger partial charge on any atom is -0.466 e. The molecule has 0 bridgehead atoms. The molecule has 34 heavy (non-hydrogen) atoms. The Bertz CT molecular complexity index is 1200. The van der Waals surface area contributed by atoms with Crippen LogP contribution in [0.4, 0.5) is 4.39 Å². The molecule has 0 radical (unpaired) electrons. The summed E-state index contributed by atoms with van der Waals surface area (Å²) < 4.78 is 30.8. The van der Waals surface area contributed by atoms with Crippen LogP contribution in [0.15, 0.2) is 54.6 Å². The number of esters is 1. The van der Waals surface area contributed by atoms with Crippen molar-refractivity contribution in [3.05, 3.63) is 71.7 Å². The molecule has 0 aliphatic carbocycles. The molecule has 1 aliphatic rings. The quantitative estimate of drug-likeness (QED) is 0.406. The second-order valence-corrected chi connectivity index (χ2v) is 8.91. The van der Waals surface area contributed by atoms with Gasteiger partial charge in [-0.3, -0.25) is 9.78 Å². The van der Waals surface area contributed by atoms with Crippen molar-refractivity contribution in [1.29, 1.82) is 0 Å². The normalized spacial score (nSPS) is 20.0. The highest BCUT2D eigenvalue weighted by atomic mass is 19.1. The molecule has 178 valence electrons. The van der Waals surface area contributed by atoms with E-state index in [0.29, 0.717) is 13.0 Å². The molecular formula is C28H30FNO4. The van der Waals surface area contributed by atoms with Crippen molar-refractivity contribution in [2.24, 2.45) is 0 Å². The smallest absolute Gasteiger partial charge is 0.308 e. The van der Waals surface area contributed by atoms with Crippen LogP contribution >= 0.6 is 0 Å². The lowest BCUT2D eigenvalue weighted by Crippen LogP contribution is -2.44. The summed E-state index contributed by atoms with van der Waals surface area (Å²) in [7, 11) is 0. The van der Waals surface area contributed by atoms with Crippen molar-refractivity contribution in [3.63, 3.8) is 0 Å². The standard InChI is InChI=1S/C28H30FNO4/c1-5-32-26(31)17-22-16-21(33-28(3,4)34-22)14-15-23-18(2)30-25-9-7-6-8-24(25)27(23)19-10-12-20(29)13-11-19/h6-15,21-22H,5,16-17H2,1-4H3/b15-14+/t21-,22-/m1/s1. The predicted octanol–water partition coefficient (Wildman–Crippen LogP) is 6.23. The lowest BCUT2D eigenvalue weighted by atomic mass is 9.93. The molecule has 1 aliphatic heterocycles. The van der Waals surface area contributed by atoms with Crippen molar-refractivity contribution in [2.75, 3.05) is 6.61 Å². The number of benzene rings is 2. The first kappa shape index (κ1) is 24.0. The van der Waals surface area contributed by atoms with E-state index in [9.17, 15) is 9.18 Å². The monoisotopic (exact) mass is 463 g/mol. The summed E-state index contributed by atoms with van der Waals surface area (Å²) in [5.41, 5.74) is 4.60. The first-order valence-corrected chi connectivity index (χ1v) is 11.6. The first-order chi connectivity index (χ1) is 16.3. The van der Waals surface area contributed by atoms with Gasteiger partial charge in [0.15, 0.2) is 5.79 Å². The second-order valence-electron chi connectivity index (χ2n) is 8.91. The highest BCUT2D eigenvalue weighted by molar-refractivity contribution is 5.99. The molecule has 0 amide bonds. The molecule has 0 N–H and O–H groups in total. The molecule has 4 rings (SSSR count). The van der Waals surface area contributed by atoms with Crippen molar-refractivity contribution in [1.82, 2.24) is 4.98 Å². The molecule has 1 aromatic heterocycles. The fraction of sp³-hybridized carbons (Fsp3) is 0.357. The fourth-order valence-electron chi connectivity index (χ4n) is 4.48. The van der Waals surface area contributed by atoms with Gasteiger partial charge >= 0.3 is 5.97 Å². The Labute approximate surface area is 199 Å². The van der Waals surface area contributed by atoms with Crippen LogP contribution in [0, 0.1) is 12.7 Å². The molecule has 0 unspecified atom stereocenters. The summed E-state index contributed by atoms with van der Waals surface area (Å²) in [5, 5.41) is 0.993. The predicted molar refractivity (Wildman–Crippen MR) is 131 cm³/mol. The number of aromatic nitrogens is 1. The number of fused-ring (bicyclic) bond motifs is 1. The highest BCUT2D eigenvalue weighted by Gasteiger charge is 2.35. The number of ether oxygens (including phenoxy) is 3. The van der Waals surface area contributed by atoms with E-state index in [0.717, 1.165) is 33.3 Å². The largest absolute Gasteiger partial charge is 0.466 e. The second kappa shape index (κ2) is 10.0. The van der Waals surface area contributed by atoms with Gasteiger partial charge in [-0.25, -0.2) is 4.39 Å². The van der Waals surface area contributed by atoms with E-state index in [1.165, 1.54) is 12.1 Å². The van der Waals surface area contributed by atoms with Crippen molar-refractivity contribution < 1.29 is 23.4 Å². The zero-order valence-electron chi connectivity index (χ0n) is 20.0. The molecular weight excluding hydrogens is 433 g/mol. The molecule has 3 aromatic rings. The van der Waals surface area contributed by atoms with Crippen molar-refractivity contribution in [2.45, 2.75) is 58.5 Å². The fourth-order valence-corrected chi connectivity index (χ4v) is 4.48. The van der Waals surface area contributed by atoms with Crippen molar-refractivity contribution in [3.8, 4) is 11.1 Å². The SMILES string of the molecule is CCOC(=O)C[C@H]1C[C@@H](/C=C/c2c(C)nc3ccccc3c2-c2ccc(F)cc2)OC(C)(C)O1. The minimum absolute atomic E-state index is 0.183. The number of hydrogen-bond acceptors (Lipinski definition) is 5. The first-order valence-electron chi connectivity index (χ1n) is 11.6. The molecule has 1 fully saturated rings. The third kappa shape index (κ3) is 5.51. The molecule has 2 aromatic carbocycles. The number of carbonyl (C=O) groups is 1. The molecule has 2 atom stereocenters. The van der Waals surface area contributed by atoms with E-state index < -0.39 is 5.79 Å². The van der Waals surface area contributed by atoms with Crippen molar-refractivity contribution >= 4 is 22.9 Å². The van der Waals surface area contributed by atoms with E-state index >= 15 is 0 Å². The average Bonchev–Trinajstić information content (AvgIpc) is 2.77. The van der Waals surface area contributed by atoms with Crippen LogP contribution in [0.25, 0.3) is 28.1 Å². The number of para-hydroxylation sites is 1. The molecule has 2 heterocycles. The Morgan fingerprint density at radius 3 is 2.65 bits per heavy atom. The van der Waals surface area contributed by atoms with Gasteiger partial charge in [-0.05, 0) is 51.5 Å². The molecule has 0 saturated carbocycles. The summed E-state index contributed by atoms with van der Waals surface area (Å²) >= 11 is 0. The number of nitrogens with zero attached hydrogens (tertiary/aromatic N) is 1. The third-order valence-electron chi connectivity index (χ3n) is 5.81. The summed E-state index contributed by atoms with van der Waals surface area (Å²) in [6.45, 7) is 7.79. The lowest BCUT2D eigenvalue weighted by Gasteiger charge is -2.39. The zero-order chi connectivity index (χ0) is 24.3. The maximum absolute atomic E-state index is 13.6. The van der Waals surface area contributed by atoms with Gasteiger partial charge in [0.1, 0.15) is 5.82 Å². The van der Waals surface area contributed by atoms with Crippen LogP contribution in [0.2, 0.25) is 0 Å². The van der Waals surface area contributed by atoms with Gasteiger partial charge in [0.25, 0.3) is 0 Å². The summed E-state index contributed by atoms with van der Waals surface area (Å²) in [6, 6.07) is 14.5. The average molecular weight is 464 g/mol. The molecule has 5 nitrogen and oxygen atoms in total. The van der Waals surface area contributed by atoms with Crippen LogP contribution in [-0.4, -0.2) is 35.6 Å². The topological polar surface area (TPSA) is 57.7 Å². The highest BCUT2D eigenvalue weighted by Crippen LogP contribution is 2.35. The Hall–Kier alpha value is -3.09. The lowest BCUT2D eigenvalue weighted by molar-refractivity contribution is -0.290. The van der Waals surface area contributed by atoms with E-state index in [4.69, 9.17) is 19.2 Å². The number of hydrogen-bond donors (Lipinski definition) is 0. The number of carbonyl (C=O) groups excluding carboxylic acids is 1. The van der Waals surface area contributed by atoms with Gasteiger partial charge in [0.05, 0.1) is 30.8 Å². The number of pyridine rings is 1. The summed E-state index contributed by atoms with van der Waals surface area (Å²) in [6.07, 6.45) is 4.17. The summed E-state index contributed by atoms with van der Waals surface area (Å²) in [5.74, 6) is -1.39. The Morgan fingerprint density at radius 2 is 1.91 bits per heavy atom. The van der Waals surface area contributed by atoms with Crippen LogP contribution in [0.1, 0.15) is 44.9 Å². The van der Waals surface area contributed by atoms with Gasteiger partial charge in [-0.15, -0.1) is 0 Å². The maximum Gasteiger partial charge on any atom is 0.308 e. The third-order valence-corrected chi connectivity index (χ3v) is 5.81. The molecule has 1 saturated heterocycles. The van der Waals surface area contributed by atoms with E-state index in [-0.39, 0.29) is 30.4 Å². The van der Waals surface area contributed by atoms with Crippen LogP contribution in [0.5, 0.6) is 0 Å². The zero-order valence-corrected chi connectivity index (χ0v) is 20.0. The van der Waals surface area contributed by atoms with Crippen LogP contribution < -0.4 is 0 Å². The van der Waals surface area contributed by atoms with Gasteiger partial charge < -0.3 is 14.2 Å². The van der Waals surface area contributed by atoms with Gasteiger partial charge in [-0.2, -0.15) is 0 Å². The molecule has 6 heteroatoms. The molecule has 0 spiro atoms. The number of rotatable bonds is 6. The van der Waals surface area contributed by atoms with Crippen LogP contribution in [0.3, 0.4) is 0 Å². The van der Waals surface area contributed by atoms with E-state index in [1.807, 2.05) is 57.2 Å². The van der Waals surface area contributed by atoms with E-state index in [1.54, 1.807) is 19.1 Å². The maximum atomic E-state index is 13.6. The Kier molecular flexibility index (Phi) is 7.10. The van der Waals surface area contributed by atoms with E-state index in [2.05, 4.69) is 0 Å². The number of halogens is 1. The Morgan fingerprint density at radius 1 is 1.18 bits per heavy atom. The summed E-state index contributed by atoms with van der Waals surface area (Å²) in [4.78, 5) is 16.8. The number of aryl methyl sites for hydroxylation is 1. The van der Waals surface area contributed by atoms with Gasteiger partial charge in [0, 0.05) is 28.6 Å². The van der Waals surface area contributed by atoms with Gasteiger partial charge in [-0.1, -0.05) is 42.5 Å². The Balaban J connectivity index is 1.70.